The van der Waals surface area contributed by atoms with Gasteiger partial charge in [-0.1, -0.05) is 18.2 Å². The first kappa shape index (κ1) is 20.3. The van der Waals surface area contributed by atoms with Gasteiger partial charge in [0.05, 0.1) is 11.8 Å². The number of furan rings is 1. The number of para-hydroxylation sites is 1. The topological polar surface area (TPSA) is 58.4 Å². The number of aromatic nitrogens is 1. The average Bonchev–Trinajstić information content (AvgIpc) is 3.27. The molecule has 8 heteroatoms. The third kappa shape index (κ3) is 4.13. The molecule has 0 saturated heterocycles. The molecule has 0 spiro atoms. The van der Waals surface area contributed by atoms with Gasteiger partial charge in [-0.25, -0.2) is 4.98 Å². The minimum atomic E-state index is -4.51. The third-order valence-corrected chi connectivity index (χ3v) is 5.69. The van der Waals surface area contributed by atoms with Crippen molar-refractivity contribution in [2.45, 2.75) is 43.9 Å². The highest BCUT2D eigenvalue weighted by atomic mass is 19.4. The lowest BCUT2D eigenvalue weighted by molar-refractivity contribution is -0.140. The summed E-state index contributed by atoms with van der Waals surface area (Å²) in [6.07, 6.45) is -0.0369. The number of halogens is 3. The molecule has 1 N–H and O–H groups in total. The van der Waals surface area contributed by atoms with Crippen molar-refractivity contribution < 1.29 is 22.4 Å². The zero-order valence-electron chi connectivity index (χ0n) is 16.4. The Morgan fingerprint density at radius 2 is 1.87 bits per heavy atom. The number of fused-ring (bicyclic) bond motifs is 1. The number of alkyl halides is 3. The number of anilines is 1. The van der Waals surface area contributed by atoms with Gasteiger partial charge >= 0.3 is 6.18 Å². The summed E-state index contributed by atoms with van der Waals surface area (Å²) in [6, 6.07) is 11.4. The Bertz CT molecular complexity index is 1030. The lowest BCUT2D eigenvalue weighted by atomic mass is 9.89. The van der Waals surface area contributed by atoms with Crippen LogP contribution >= 0.6 is 0 Å². The van der Waals surface area contributed by atoms with Gasteiger partial charge in [0.1, 0.15) is 5.69 Å². The molecule has 0 unspecified atom stereocenters. The van der Waals surface area contributed by atoms with Crippen molar-refractivity contribution in [2.24, 2.45) is 0 Å². The molecule has 4 rings (SSSR count). The van der Waals surface area contributed by atoms with Gasteiger partial charge in [0.2, 0.25) is 0 Å². The average molecular weight is 417 g/mol. The molecule has 30 heavy (non-hydrogen) atoms. The number of carbonyl (C=O) groups excluding carboxylic acids is 1. The molecule has 2 aromatic heterocycles. The van der Waals surface area contributed by atoms with Crippen LogP contribution in [0.15, 0.2) is 53.1 Å². The van der Waals surface area contributed by atoms with Crippen LogP contribution in [0.3, 0.4) is 0 Å². The van der Waals surface area contributed by atoms with Gasteiger partial charge in [-0.2, -0.15) is 13.2 Å². The van der Waals surface area contributed by atoms with Crippen molar-refractivity contribution in [3.63, 3.8) is 0 Å². The maximum Gasteiger partial charge on any atom is 0.433 e. The molecule has 1 aliphatic carbocycles. The molecule has 1 aliphatic rings. The van der Waals surface area contributed by atoms with E-state index in [4.69, 9.17) is 4.42 Å². The molecule has 0 radical (unpaired) electrons. The van der Waals surface area contributed by atoms with Gasteiger partial charge in [0, 0.05) is 30.2 Å². The van der Waals surface area contributed by atoms with Crippen LogP contribution in [0.1, 0.15) is 41.9 Å². The van der Waals surface area contributed by atoms with Crippen molar-refractivity contribution in [3.8, 4) is 0 Å². The van der Waals surface area contributed by atoms with E-state index in [9.17, 15) is 18.0 Å². The molecular formula is C22H22F3N3O2. The molecule has 2 heterocycles. The fraction of sp³-hybridized carbons (Fsp3) is 0.364. The molecule has 0 aliphatic heterocycles. The second kappa shape index (κ2) is 8.01. The summed E-state index contributed by atoms with van der Waals surface area (Å²) < 4.78 is 45.2. The largest absolute Gasteiger partial charge is 0.459 e. The number of nitrogens with zero attached hydrogens (tertiary/aromatic N) is 2. The molecule has 0 atom stereocenters. The normalized spacial score (nSPS) is 19.6. The highest BCUT2D eigenvalue weighted by molar-refractivity contribution is 5.92. The van der Waals surface area contributed by atoms with Crippen molar-refractivity contribution >= 4 is 22.5 Å². The van der Waals surface area contributed by atoms with E-state index < -0.39 is 11.9 Å². The summed E-state index contributed by atoms with van der Waals surface area (Å²) in [5.74, 6) is 0.0314. The SMILES string of the molecule is CN(c1cc(C(F)(F)F)nc2ccccc12)[C@H]1CC[C@@H](NC(=O)c2ccco2)CC1. The van der Waals surface area contributed by atoms with Crippen molar-refractivity contribution in [2.75, 3.05) is 11.9 Å². The summed E-state index contributed by atoms with van der Waals surface area (Å²) >= 11 is 0. The van der Waals surface area contributed by atoms with E-state index in [1.54, 1.807) is 36.4 Å². The predicted octanol–water partition coefficient (Wildman–Crippen LogP) is 5.02. The Kier molecular flexibility index (Phi) is 5.40. The molecule has 1 fully saturated rings. The standard InChI is InChI=1S/C22H22F3N3O2/c1-28(15-10-8-14(9-11-15)26-21(29)19-7-4-12-30-19)18-13-20(22(23,24)25)27-17-6-3-2-5-16(17)18/h2-7,12-15H,8-11H2,1H3,(H,26,29)/t14-,15+. The first-order valence-electron chi connectivity index (χ1n) is 9.87. The third-order valence-electron chi connectivity index (χ3n) is 5.69. The number of amides is 1. The molecule has 0 bridgehead atoms. The van der Waals surface area contributed by atoms with E-state index in [2.05, 4.69) is 10.3 Å². The minimum absolute atomic E-state index is 0.0205. The van der Waals surface area contributed by atoms with Crippen LogP contribution in [0.5, 0.6) is 0 Å². The summed E-state index contributed by atoms with van der Waals surface area (Å²) in [5.41, 5.74) is -0.0352. The summed E-state index contributed by atoms with van der Waals surface area (Å²) in [7, 11) is 1.83. The number of hydrogen-bond donors (Lipinski definition) is 1. The van der Waals surface area contributed by atoms with Crippen LogP contribution < -0.4 is 10.2 Å². The number of benzene rings is 1. The van der Waals surface area contributed by atoms with Crippen LogP contribution in [-0.2, 0) is 6.18 Å². The molecule has 1 amide bonds. The predicted molar refractivity (Wildman–Crippen MR) is 107 cm³/mol. The van der Waals surface area contributed by atoms with E-state index in [0.717, 1.165) is 31.7 Å². The van der Waals surface area contributed by atoms with Crippen LogP contribution in [0.4, 0.5) is 18.9 Å². The monoisotopic (exact) mass is 417 g/mol. The van der Waals surface area contributed by atoms with E-state index in [1.165, 1.54) is 6.26 Å². The molecular weight excluding hydrogens is 395 g/mol. The fourth-order valence-electron chi connectivity index (χ4n) is 4.06. The quantitative estimate of drug-likeness (QED) is 0.647. The summed E-state index contributed by atoms with van der Waals surface area (Å²) in [5, 5.41) is 3.66. The Labute approximate surface area is 171 Å². The van der Waals surface area contributed by atoms with Gasteiger partial charge in [0.15, 0.2) is 5.76 Å². The number of rotatable bonds is 4. The lowest BCUT2D eigenvalue weighted by Gasteiger charge is -2.36. The van der Waals surface area contributed by atoms with Gasteiger partial charge in [0.25, 0.3) is 5.91 Å². The highest BCUT2D eigenvalue weighted by Crippen LogP contribution is 2.36. The Morgan fingerprint density at radius 3 is 2.53 bits per heavy atom. The maximum atomic E-state index is 13.4. The smallest absolute Gasteiger partial charge is 0.433 e. The Hall–Kier alpha value is -3.03. The Morgan fingerprint density at radius 1 is 1.13 bits per heavy atom. The number of carbonyl (C=O) groups is 1. The molecule has 3 aromatic rings. The molecule has 5 nitrogen and oxygen atoms in total. The van der Waals surface area contributed by atoms with Crippen molar-refractivity contribution in [1.82, 2.24) is 10.3 Å². The molecule has 158 valence electrons. The van der Waals surface area contributed by atoms with Crippen LogP contribution in [0.2, 0.25) is 0 Å². The van der Waals surface area contributed by atoms with E-state index >= 15 is 0 Å². The molecule has 1 aromatic carbocycles. The van der Waals surface area contributed by atoms with Crippen LogP contribution in [0.25, 0.3) is 10.9 Å². The van der Waals surface area contributed by atoms with E-state index in [-0.39, 0.29) is 23.8 Å². The van der Waals surface area contributed by atoms with E-state index in [1.807, 2.05) is 11.9 Å². The number of hydrogen-bond acceptors (Lipinski definition) is 4. The summed E-state index contributed by atoms with van der Waals surface area (Å²) in [4.78, 5) is 17.9. The summed E-state index contributed by atoms with van der Waals surface area (Å²) in [6.45, 7) is 0. The second-order valence-corrected chi connectivity index (χ2v) is 7.61. The zero-order chi connectivity index (χ0) is 21.3. The fourth-order valence-corrected chi connectivity index (χ4v) is 4.06. The first-order chi connectivity index (χ1) is 14.3. The van der Waals surface area contributed by atoms with Gasteiger partial charge in [-0.05, 0) is 49.9 Å². The first-order valence-corrected chi connectivity index (χ1v) is 9.87. The number of pyridine rings is 1. The van der Waals surface area contributed by atoms with Crippen molar-refractivity contribution in [3.05, 3.63) is 60.2 Å². The van der Waals surface area contributed by atoms with Crippen molar-refractivity contribution in [1.29, 1.82) is 0 Å². The van der Waals surface area contributed by atoms with E-state index in [0.29, 0.717) is 16.6 Å². The highest BCUT2D eigenvalue weighted by Gasteiger charge is 2.34. The van der Waals surface area contributed by atoms with Gasteiger partial charge in [-0.3, -0.25) is 4.79 Å². The van der Waals surface area contributed by atoms with Gasteiger partial charge < -0.3 is 14.6 Å². The molecule has 1 saturated carbocycles. The zero-order valence-corrected chi connectivity index (χ0v) is 16.4. The Balaban J connectivity index is 1.49. The minimum Gasteiger partial charge on any atom is -0.459 e. The van der Waals surface area contributed by atoms with Gasteiger partial charge in [-0.15, -0.1) is 0 Å². The second-order valence-electron chi connectivity index (χ2n) is 7.61. The van der Waals surface area contributed by atoms with Crippen LogP contribution in [0, 0.1) is 0 Å². The lowest BCUT2D eigenvalue weighted by Crippen LogP contribution is -2.43. The maximum absolute atomic E-state index is 13.4. The van der Waals surface area contributed by atoms with Crippen LogP contribution in [-0.4, -0.2) is 30.0 Å². The number of nitrogens with one attached hydrogen (secondary N) is 1.